The maximum Gasteiger partial charge on any atom is 0.267 e. The molecule has 0 aromatic carbocycles. The van der Waals surface area contributed by atoms with Crippen LogP contribution in [-0.2, 0) is 7.05 Å². The highest BCUT2D eigenvalue weighted by Crippen LogP contribution is 2.38. The van der Waals surface area contributed by atoms with Gasteiger partial charge in [0.15, 0.2) is 0 Å². The van der Waals surface area contributed by atoms with Crippen LogP contribution >= 0.6 is 15.9 Å². The van der Waals surface area contributed by atoms with Gasteiger partial charge in [-0.2, -0.15) is 0 Å². The Labute approximate surface area is 78.6 Å². The normalized spacial score (nSPS) is 16.5. The lowest BCUT2D eigenvalue weighted by Crippen LogP contribution is -2.21. The predicted molar refractivity (Wildman–Crippen MR) is 49.2 cm³/mol. The molecule has 1 aliphatic carbocycles. The minimum absolute atomic E-state index is 0.00639. The van der Waals surface area contributed by atoms with Crippen molar-refractivity contribution in [3.05, 3.63) is 26.8 Å². The van der Waals surface area contributed by atoms with Crippen molar-refractivity contribution in [2.24, 2.45) is 7.05 Å². The van der Waals surface area contributed by atoms with E-state index >= 15 is 0 Å². The zero-order valence-electron chi connectivity index (χ0n) is 6.75. The average molecular weight is 229 g/mol. The lowest BCUT2D eigenvalue weighted by atomic mass is 10.4. The molecule has 1 aromatic heterocycles. The summed E-state index contributed by atoms with van der Waals surface area (Å²) in [5.41, 5.74) is 0.00639. The Morgan fingerprint density at radius 1 is 1.67 bits per heavy atom. The van der Waals surface area contributed by atoms with E-state index in [-0.39, 0.29) is 5.56 Å². The SMILES string of the molecule is Cn1c(C2CC2)ncc(Br)c1=O. The molecule has 3 nitrogen and oxygen atoms in total. The van der Waals surface area contributed by atoms with Crippen LogP contribution in [0.3, 0.4) is 0 Å². The van der Waals surface area contributed by atoms with Crippen molar-refractivity contribution in [2.75, 3.05) is 0 Å². The summed E-state index contributed by atoms with van der Waals surface area (Å²) >= 11 is 3.15. The third kappa shape index (κ3) is 1.20. The highest BCUT2D eigenvalue weighted by atomic mass is 79.9. The van der Waals surface area contributed by atoms with Crippen LogP contribution in [0.1, 0.15) is 24.6 Å². The quantitative estimate of drug-likeness (QED) is 0.729. The van der Waals surface area contributed by atoms with Crippen LogP contribution in [0.4, 0.5) is 0 Å². The molecular weight excluding hydrogens is 220 g/mol. The Morgan fingerprint density at radius 3 is 2.92 bits per heavy atom. The van der Waals surface area contributed by atoms with Crippen LogP contribution in [0.25, 0.3) is 0 Å². The Hall–Kier alpha value is -0.640. The summed E-state index contributed by atoms with van der Waals surface area (Å²) in [5.74, 6) is 1.44. The van der Waals surface area contributed by atoms with Gasteiger partial charge in [0.2, 0.25) is 0 Å². The second-order valence-electron chi connectivity index (χ2n) is 3.10. The van der Waals surface area contributed by atoms with Crippen molar-refractivity contribution in [1.82, 2.24) is 9.55 Å². The van der Waals surface area contributed by atoms with Crippen LogP contribution in [0, 0.1) is 0 Å². The molecule has 1 heterocycles. The zero-order valence-corrected chi connectivity index (χ0v) is 8.34. The van der Waals surface area contributed by atoms with Crippen molar-refractivity contribution in [2.45, 2.75) is 18.8 Å². The number of aromatic nitrogens is 2. The summed E-state index contributed by atoms with van der Waals surface area (Å²) in [6, 6.07) is 0. The summed E-state index contributed by atoms with van der Waals surface area (Å²) in [6.07, 6.45) is 3.93. The molecule has 0 spiro atoms. The molecule has 4 heteroatoms. The van der Waals surface area contributed by atoms with Crippen molar-refractivity contribution in [1.29, 1.82) is 0 Å². The van der Waals surface area contributed by atoms with E-state index in [4.69, 9.17) is 0 Å². The molecule has 1 fully saturated rings. The van der Waals surface area contributed by atoms with Crippen LogP contribution < -0.4 is 5.56 Å². The van der Waals surface area contributed by atoms with E-state index in [1.165, 1.54) is 12.8 Å². The molecule has 1 aromatic rings. The summed E-state index contributed by atoms with van der Waals surface area (Å²) < 4.78 is 2.16. The van der Waals surface area contributed by atoms with Gasteiger partial charge in [-0.15, -0.1) is 0 Å². The molecule has 64 valence electrons. The first kappa shape index (κ1) is 7.98. The minimum atomic E-state index is 0.00639. The lowest BCUT2D eigenvalue weighted by Gasteiger charge is -2.04. The van der Waals surface area contributed by atoms with E-state index in [0.717, 1.165) is 5.82 Å². The zero-order chi connectivity index (χ0) is 8.72. The third-order valence-electron chi connectivity index (χ3n) is 2.11. The van der Waals surface area contributed by atoms with Gasteiger partial charge < -0.3 is 0 Å². The fraction of sp³-hybridized carbons (Fsp3) is 0.500. The molecule has 0 atom stereocenters. The molecule has 0 amide bonds. The van der Waals surface area contributed by atoms with Gasteiger partial charge in [-0.05, 0) is 28.8 Å². The Bertz CT molecular complexity index is 368. The smallest absolute Gasteiger partial charge is 0.267 e. The molecule has 12 heavy (non-hydrogen) atoms. The summed E-state index contributed by atoms with van der Waals surface area (Å²) in [4.78, 5) is 15.6. The van der Waals surface area contributed by atoms with E-state index in [9.17, 15) is 4.79 Å². The van der Waals surface area contributed by atoms with Crippen LogP contribution in [0.15, 0.2) is 15.5 Å². The van der Waals surface area contributed by atoms with E-state index < -0.39 is 0 Å². The third-order valence-corrected chi connectivity index (χ3v) is 2.65. The number of rotatable bonds is 1. The summed E-state index contributed by atoms with van der Waals surface area (Å²) in [7, 11) is 1.77. The molecule has 0 unspecified atom stereocenters. The van der Waals surface area contributed by atoms with Gasteiger partial charge in [-0.3, -0.25) is 9.36 Å². The Balaban J connectivity index is 2.57. The molecular formula is C8H9BrN2O. The average Bonchev–Trinajstić information content (AvgIpc) is 2.84. The van der Waals surface area contributed by atoms with E-state index in [0.29, 0.717) is 10.4 Å². The van der Waals surface area contributed by atoms with Crippen LogP contribution in [-0.4, -0.2) is 9.55 Å². The van der Waals surface area contributed by atoms with Gasteiger partial charge in [0.1, 0.15) is 10.3 Å². The first-order chi connectivity index (χ1) is 5.70. The minimum Gasteiger partial charge on any atom is -0.299 e. The van der Waals surface area contributed by atoms with Crippen molar-refractivity contribution in [3.63, 3.8) is 0 Å². The van der Waals surface area contributed by atoms with Gasteiger partial charge >= 0.3 is 0 Å². The second kappa shape index (κ2) is 2.69. The Morgan fingerprint density at radius 2 is 2.33 bits per heavy atom. The molecule has 1 aliphatic rings. The standard InChI is InChI=1S/C8H9BrN2O/c1-11-7(5-2-3-5)10-4-6(9)8(11)12/h4-5H,2-3H2,1H3. The maximum absolute atomic E-state index is 11.4. The van der Waals surface area contributed by atoms with Crippen molar-refractivity contribution < 1.29 is 0 Å². The molecule has 2 rings (SSSR count). The van der Waals surface area contributed by atoms with Crippen molar-refractivity contribution in [3.8, 4) is 0 Å². The van der Waals surface area contributed by atoms with Crippen molar-refractivity contribution >= 4 is 15.9 Å². The van der Waals surface area contributed by atoms with Gasteiger partial charge in [-0.1, -0.05) is 0 Å². The van der Waals surface area contributed by atoms with E-state index in [2.05, 4.69) is 20.9 Å². The first-order valence-electron chi connectivity index (χ1n) is 3.91. The number of hydrogen-bond donors (Lipinski definition) is 0. The van der Waals surface area contributed by atoms with Crippen LogP contribution in [0.5, 0.6) is 0 Å². The monoisotopic (exact) mass is 228 g/mol. The highest BCUT2D eigenvalue weighted by molar-refractivity contribution is 9.10. The van der Waals surface area contributed by atoms with E-state index in [1.807, 2.05) is 0 Å². The van der Waals surface area contributed by atoms with Gasteiger partial charge in [0, 0.05) is 19.2 Å². The fourth-order valence-electron chi connectivity index (χ4n) is 1.25. The van der Waals surface area contributed by atoms with Gasteiger partial charge in [-0.25, -0.2) is 4.98 Å². The molecule has 0 saturated heterocycles. The molecule has 0 bridgehead atoms. The molecule has 0 N–H and O–H groups in total. The molecule has 1 saturated carbocycles. The maximum atomic E-state index is 11.4. The van der Waals surface area contributed by atoms with Gasteiger partial charge in [0.05, 0.1) is 0 Å². The first-order valence-corrected chi connectivity index (χ1v) is 4.71. The highest BCUT2D eigenvalue weighted by Gasteiger charge is 2.27. The predicted octanol–water partition coefficient (Wildman–Crippen LogP) is 1.42. The molecule has 0 radical (unpaired) electrons. The Kier molecular flexibility index (Phi) is 1.79. The van der Waals surface area contributed by atoms with E-state index in [1.54, 1.807) is 17.8 Å². The molecule has 0 aliphatic heterocycles. The number of halogens is 1. The number of hydrogen-bond acceptors (Lipinski definition) is 2. The van der Waals surface area contributed by atoms with Gasteiger partial charge in [0.25, 0.3) is 5.56 Å². The topological polar surface area (TPSA) is 34.9 Å². The summed E-state index contributed by atoms with van der Waals surface area (Å²) in [5, 5.41) is 0. The lowest BCUT2D eigenvalue weighted by molar-refractivity contribution is 0.724. The van der Waals surface area contributed by atoms with Crippen LogP contribution in [0.2, 0.25) is 0 Å². The number of nitrogens with zero attached hydrogens (tertiary/aromatic N) is 2. The largest absolute Gasteiger partial charge is 0.299 e. The fourth-order valence-corrected chi connectivity index (χ4v) is 1.62. The second-order valence-corrected chi connectivity index (χ2v) is 3.96. The summed E-state index contributed by atoms with van der Waals surface area (Å²) in [6.45, 7) is 0.